The second-order valence-electron chi connectivity index (χ2n) is 2.72. The molecule has 1 rings (SSSR count). The van der Waals surface area contributed by atoms with Crippen LogP contribution in [0.5, 0.6) is 0 Å². The van der Waals surface area contributed by atoms with E-state index in [1.54, 1.807) is 0 Å². The molecule has 0 aliphatic heterocycles. The molecule has 0 saturated heterocycles. The molecule has 0 fully saturated rings. The number of ketones is 1. The van der Waals surface area contributed by atoms with E-state index in [0.717, 1.165) is 0 Å². The van der Waals surface area contributed by atoms with E-state index in [9.17, 15) is 4.79 Å². The monoisotopic (exact) mass is 138 g/mol. The maximum atomic E-state index is 10.7. The van der Waals surface area contributed by atoms with Crippen LogP contribution in [-0.4, -0.2) is 10.9 Å². The van der Waals surface area contributed by atoms with Crippen LogP contribution in [0.25, 0.3) is 0 Å². The molecule has 0 amide bonds. The van der Waals surface area contributed by atoms with E-state index in [2.05, 4.69) is 6.58 Å². The maximum Gasteiger partial charge on any atom is 0.227 e. The number of carbonyl (C=O) groups excluding carboxylic acids is 1. The first-order valence-corrected chi connectivity index (χ1v) is 3.22. The van der Waals surface area contributed by atoms with Crippen molar-refractivity contribution in [3.8, 4) is 0 Å². The summed E-state index contributed by atoms with van der Waals surface area (Å²) >= 11 is 0. The van der Waals surface area contributed by atoms with E-state index >= 15 is 0 Å². The van der Waals surface area contributed by atoms with Gasteiger partial charge < -0.3 is 5.11 Å². The summed E-state index contributed by atoms with van der Waals surface area (Å²) in [6.07, 6.45) is 0. The maximum absolute atomic E-state index is 10.7. The first-order chi connectivity index (χ1) is 4.55. The Kier molecular flexibility index (Phi) is 1.39. The molecule has 1 N–H and O–H groups in total. The third-order valence-electron chi connectivity index (χ3n) is 1.65. The van der Waals surface area contributed by atoms with Crippen molar-refractivity contribution in [3.63, 3.8) is 0 Å². The Morgan fingerprint density at radius 3 is 2.20 bits per heavy atom. The molecule has 0 radical (unpaired) electrons. The normalized spacial score (nSPS) is 18.3. The molecule has 1 aliphatic rings. The lowest BCUT2D eigenvalue weighted by atomic mass is 9.82. The largest absolute Gasteiger partial charge is 0.504 e. The molecule has 0 aromatic carbocycles. The van der Waals surface area contributed by atoms with Gasteiger partial charge in [-0.1, -0.05) is 20.4 Å². The minimum atomic E-state index is -0.302. The first kappa shape index (κ1) is 7.06. The lowest BCUT2D eigenvalue weighted by Crippen LogP contribution is -2.24. The van der Waals surface area contributed by atoms with Crippen molar-refractivity contribution in [1.29, 1.82) is 0 Å². The van der Waals surface area contributed by atoms with Crippen LogP contribution in [0.15, 0.2) is 23.5 Å². The van der Waals surface area contributed by atoms with Gasteiger partial charge >= 0.3 is 0 Å². The minimum Gasteiger partial charge on any atom is -0.504 e. The highest BCUT2D eigenvalue weighted by molar-refractivity contribution is 6.17. The SMILES string of the molecule is C=C1C(=O)C(O)=C1C(C)C. The van der Waals surface area contributed by atoms with Gasteiger partial charge in [0.15, 0.2) is 5.76 Å². The average Bonchev–Trinajstić information content (AvgIpc) is 1.87. The van der Waals surface area contributed by atoms with Gasteiger partial charge in [0.2, 0.25) is 5.78 Å². The fourth-order valence-electron chi connectivity index (χ4n) is 1.09. The van der Waals surface area contributed by atoms with Crippen LogP contribution in [0, 0.1) is 5.92 Å². The van der Waals surface area contributed by atoms with Crippen molar-refractivity contribution >= 4 is 5.78 Å². The van der Waals surface area contributed by atoms with Crippen molar-refractivity contribution in [2.45, 2.75) is 13.8 Å². The third-order valence-corrected chi connectivity index (χ3v) is 1.65. The molecule has 2 heteroatoms. The van der Waals surface area contributed by atoms with Gasteiger partial charge in [-0.05, 0) is 5.92 Å². The number of hydrogen-bond donors (Lipinski definition) is 1. The number of aliphatic hydroxyl groups is 1. The Bertz CT molecular complexity index is 234. The number of allylic oxidation sites excluding steroid dienone is 2. The van der Waals surface area contributed by atoms with Crippen molar-refractivity contribution in [1.82, 2.24) is 0 Å². The van der Waals surface area contributed by atoms with Gasteiger partial charge in [-0.25, -0.2) is 0 Å². The van der Waals surface area contributed by atoms with Gasteiger partial charge in [-0.15, -0.1) is 0 Å². The smallest absolute Gasteiger partial charge is 0.227 e. The molecule has 0 aromatic rings. The van der Waals surface area contributed by atoms with Gasteiger partial charge in [-0.3, -0.25) is 4.79 Å². The second-order valence-corrected chi connectivity index (χ2v) is 2.72. The van der Waals surface area contributed by atoms with Gasteiger partial charge in [0.05, 0.1) is 0 Å². The van der Waals surface area contributed by atoms with E-state index in [0.29, 0.717) is 11.1 Å². The summed E-state index contributed by atoms with van der Waals surface area (Å²) in [4.78, 5) is 10.7. The van der Waals surface area contributed by atoms with E-state index < -0.39 is 0 Å². The summed E-state index contributed by atoms with van der Waals surface area (Å²) in [7, 11) is 0. The molecule has 0 spiro atoms. The summed E-state index contributed by atoms with van der Waals surface area (Å²) in [6, 6.07) is 0. The summed E-state index contributed by atoms with van der Waals surface area (Å²) < 4.78 is 0. The molecular weight excluding hydrogens is 128 g/mol. The fourth-order valence-corrected chi connectivity index (χ4v) is 1.09. The third kappa shape index (κ3) is 0.685. The predicted octanol–water partition coefficient (Wildman–Crippen LogP) is 1.59. The highest BCUT2D eigenvalue weighted by atomic mass is 16.3. The second kappa shape index (κ2) is 1.97. The molecule has 0 atom stereocenters. The Balaban J connectivity index is 3.00. The lowest BCUT2D eigenvalue weighted by molar-refractivity contribution is -0.116. The topological polar surface area (TPSA) is 37.3 Å². The number of hydrogen-bond acceptors (Lipinski definition) is 2. The number of Topliss-reactive ketones (excluding diaryl/α,β-unsaturated/α-hetero) is 1. The quantitative estimate of drug-likeness (QED) is 0.559. The summed E-state index contributed by atoms with van der Waals surface area (Å²) in [6.45, 7) is 7.37. The zero-order chi connectivity index (χ0) is 7.89. The molecule has 0 bridgehead atoms. The van der Waals surface area contributed by atoms with E-state index in [1.165, 1.54) is 0 Å². The summed E-state index contributed by atoms with van der Waals surface area (Å²) in [5, 5.41) is 8.99. The number of carbonyl (C=O) groups is 1. The zero-order valence-corrected chi connectivity index (χ0v) is 6.14. The number of aliphatic hydroxyl groups excluding tert-OH is 1. The van der Waals surface area contributed by atoms with Crippen LogP contribution in [0.1, 0.15) is 13.8 Å². The van der Waals surface area contributed by atoms with Gasteiger partial charge in [0, 0.05) is 11.1 Å². The predicted molar refractivity (Wildman–Crippen MR) is 38.6 cm³/mol. The Morgan fingerprint density at radius 2 is 2.00 bits per heavy atom. The Morgan fingerprint density at radius 1 is 1.50 bits per heavy atom. The highest BCUT2D eigenvalue weighted by Gasteiger charge is 2.32. The first-order valence-electron chi connectivity index (χ1n) is 3.22. The van der Waals surface area contributed by atoms with E-state index in [4.69, 9.17) is 5.11 Å². The average molecular weight is 138 g/mol. The molecule has 0 unspecified atom stereocenters. The van der Waals surface area contributed by atoms with Crippen molar-refractivity contribution in [2.75, 3.05) is 0 Å². The minimum absolute atomic E-state index is 0.0972. The Hall–Kier alpha value is -1.05. The summed E-state index contributed by atoms with van der Waals surface area (Å²) in [5.74, 6) is -0.200. The fraction of sp³-hybridized carbons (Fsp3) is 0.375. The highest BCUT2D eigenvalue weighted by Crippen LogP contribution is 2.32. The molecule has 1 aliphatic carbocycles. The van der Waals surface area contributed by atoms with Crippen LogP contribution >= 0.6 is 0 Å². The van der Waals surface area contributed by atoms with Crippen molar-refractivity contribution < 1.29 is 9.90 Å². The van der Waals surface area contributed by atoms with Crippen LogP contribution in [0.3, 0.4) is 0 Å². The lowest BCUT2D eigenvalue weighted by Gasteiger charge is -2.22. The van der Waals surface area contributed by atoms with E-state index in [-0.39, 0.29) is 17.5 Å². The molecule has 10 heavy (non-hydrogen) atoms. The molecule has 54 valence electrons. The van der Waals surface area contributed by atoms with Crippen molar-refractivity contribution in [2.24, 2.45) is 5.92 Å². The van der Waals surface area contributed by atoms with E-state index in [1.807, 2.05) is 13.8 Å². The van der Waals surface area contributed by atoms with Crippen LogP contribution < -0.4 is 0 Å². The zero-order valence-electron chi connectivity index (χ0n) is 6.14. The van der Waals surface area contributed by atoms with Gasteiger partial charge in [0.1, 0.15) is 0 Å². The van der Waals surface area contributed by atoms with Gasteiger partial charge in [-0.2, -0.15) is 0 Å². The molecule has 2 nitrogen and oxygen atoms in total. The van der Waals surface area contributed by atoms with Crippen molar-refractivity contribution in [3.05, 3.63) is 23.5 Å². The van der Waals surface area contributed by atoms with Crippen LogP contribution in [0.4, 0.5) is 0 Å². The summed E-state index contributed by atoms with van der Waals surface area (Å²) in [5.41, 5.74) is 1.18. The van der Waals surface area contributed by atoms with Crippen LogP contribution in [-0.2, 0) is 4.79 Å². The van der Waals surface area contributed by atoms with Crippen LogP contribution in [0.2, 0.25) is 0 Å². The standard InChI is InChI=1S/C8H10O2/c1-4(2)6-5(3)7(9)8(6)10/h4,10H,3H2,1-2H3. The molecule has 0 saturated carbocycles. The van der Waals surface area contributed by atoms with Gasteiger partial charge in [0.25, 0.3) is 0 Å². The Labute approximate surface area is 59.9 Å². The molecule has 0 heterocycles. The molecular formula is C8H10O2. The number of rotatable bonds is 1. The molecule has 0 aromatic heterocycles.